The van der Waals surface area contributed by atoms with Gasteiger partial charge in [0.1, 0.15) is 0 Å². The van der Waals surface area contributed by atoms with Gasteiger partial charge in [-0.05, 0) is 18.2 Å². The summed E-state index contributed by atoms with van der Waals surface area (Å²) in [6.45, 7) is 1.44. The third kappa shape index (κ3) is 4.64. The van der Waals surface area contributed by atoms with E-state index in [1.165, 1.54) is 18.7 Å². The molecular formula is C14H16N4O2S. The zero-order chi connectivity index (χ0) is 15.2. The number of carbonyl (C=O) groups is 2. The molecule has 0 saturated carbocycles. The van der Waals surface area contributed by atoms with Crippen LogP contribution in [-0.2, 0) is 16.6 Å². The molecule has 0 atom stereocenters. The quantitative estimate of drug-likeness (QED) is 0.830. The standard InChI is InChI=1S/C14H16N4O2S/c1-10(19)16-11-4-3-5-12(8-11)17-13(20)9-21-14-15-6-7-18(14)2/h3-8H,9H2,1-2H3,(H,16,19)(H,17,20). The Bertz CT molecular complexity index is 654. The van der Waals surface area contributed by atoms with Crippen LogP contribution >= 0.6 is 11.8 Å². The number of aryl methyl sites for hydroxylation is 1. The van der Waals surface area contributed by atoms with E-state index in [2.05, 4.69) is 15.6 Å². The number of hydrogen-bond donors (Lipinski definition) is 2. The van der Waals surface area contributed by atoms with Crippen LogP contribution in [0.4, 0.5) is 11.4 Å². The lowest BCUT2D eigenvalue weighted by molar-refractivity contribution is -0.114. The van der Waals surface area contributed by atoms with Gasteiger partial charge in [-0.25, -0.2) is 4.98 Å². The molecule has 0 saturated heterocycles. The van der Waals surface area contributed by atoms with Crippen molar-refractivity contribution in [1.29, 1.82) is 0 Å². The number of thioether (sulfide) groups is 1. The first-order valence-corrected chi connectivity index (χ1v) is 7.31. The number of anilines is 2. The van der Waals surface area contributed by atoms with Gasteiger partial charge in [-0.15, -0.1) is 0 Å². The lowest BCUT2D eigenvalue weighted by Gasteiger charge is -2.07. The van der Waals surface area contributed by atoms with Crippen LogP contribution in [0.2, 0.25) is 0 Å². The Hall–Kier alpha value is -2.28. The minimum atomic E-state index is -0.149. The zero-order valence-corrected chi connectivity index (χ0v) is 12.6. The number of imidazole rings is 1. The Morgan fingerprint density at radius 1 is 1.29 bits per heavy atom. The molecule has 0 unspecified atom stereocenters. The van der Waals surface area contributed by atoms with Gasteiger partial charge in [0.05, 0.1) is 5.75 Å². The second kappa shape index (κ2) is 6.94. The number of nitrogens with one attached hydrogen (secondary N) is 2. The number of amides is 2. The highest BCUT2D eigenvalue weighted by molar-refractivity contribution is 7.99. The van der Waals surface area contributed by atoms with Crippen molar-refractivity contribution in [2.24, 2.45) is 7.05 Å². The second-order valence-electron chi connectivity index (χ2n) is 4.42. The molecule has 2 amide bonds. The summed E-state index contributed by atoms with van der Waals surface area (Å²) in [5, 5.41) is 6.25. The molecule has 0 radical (unpaired) electrons. The molecule has 7 heteroatoms. The third-order valence-electron chi connectivity index (χ3n) is 2.58. The Labute approximate surface area is 126 Å². The summed E-state index contributed by atoms with van der Waals surface area (Å²) in [6, 6.07) is 7.02. The van der Waals surface area contributed by atoms with Crippen molar-refractivity contribution in [3.8, 4) is 0 Å². The van der Waals surface area contributed by atoms with Gasteiger partial charge in [0.25, 0.3) is 0 Å². The molecule has 0 bridgehead atoms. The largest absolute Gasteiger partial charge is 0.329 e. The summed E-state index contributed by atoms with van der Waals surface area (Å²) in [6.07, 6.45) is 3.52. The average Bonchev–Trinajstić information content (AvgIpc) is 2.81. The maximum Gasteiger partial charge on any atom is 0.234 e. The predicted octanol–water partition coefficient (Wildman–Crippen LogP) is 2.11. The van der Waals surface area contributed by atoms with Crippen LogP contribution in [-0.4, -0.2) is 27.1 Å². The number of hydrogen-bond acceptors (Lipinski definition) is 4. The normalized spacial score (nSPS) is 10.2. The van der Waals surface area contributed by atoms with Gasteiger partial charge in [-0.1, -0.05) is 17.8 Å². The first kappa shape index (κ1) is 15.1. The Morgan fingerprint density at radius 2 is 2.00 bits per heavy atom. The number of rotatable bonds is 5. The van der Waals surface area contributed by atoms with Crippen LogP contribution in [0.5, 0.6) is 0 Å². The minimum absolute atomic E-state index is 0.122. The van der Waals surface area contributed by atoms with E-state index in [0.717, 1.165) is 5.16 Å². The Kier molecular flexibility index (Phi) is 4.99. The highest BCUT2D eigenvalue weighted by atomic mass is 32.2. The number of aromatic nitrogens is 2. The van der Waals surface area contributed by atoms with Crippen LogP contribution in [0, 0.1) is 0 Å². The monoisotopic (exact) mass is 304 g/mol. The van der Waals surface area contributed by atoms with E-state index >= 15 is 0 Å². The number of carbonyl (C=O) groups excluding carboxylic acids is 2. The second-order valence-corrected chi connectivity index (χ2v) is 5.36. The maximum absolute atomic E-state index is 11.9. The maximum atomic E-state index is 11.9. The summed E-state index contributed by atoms with van der Waals surface area (Å²) in [4.78, 5) is 27.0. The molecule has 1 aromatic carbocycles. The summed E-state index contributed by atoms with van der Waals surface area (Å²) in [7, 11) is 1.88. The van der Waals surface area contributed by atoms with E-state index in [4.69, 9.17) is 0 Å². The molecule has 0 fully saturated rings. The highest BCUT2D eigenvalue weighted by Gasteiger charge is 2.07. The molecule has 6 nitrogen and oxygen atoms in total. The van der Waals surface area contributed by atoms with Crippen molar-refractivity contribution in [1.82, 2.24) is 9.55 Å². The van der Waals surface area contributed by atoms with Crippen molar-refractivity contribution in [2.75, 3.05) is 16.4 Å². The van der Waals surface area contributed by atoms with Crippen molar-refractivity contribution < 1.29 is 9.59 Å². The van der Waals surface area contributed by atoms with E-state index in [0.29, 0.717) is 11.4 Å². The predicted molar refractivity (Wildman–Crippen MR) is 83.3 cm³/mol. The number of benzene rings is 1. The lowest BCUT2D eigenvalue weighted by atomic mass is 10.2. The van der Waals surface area contributed by atoms with Crippen molar-refractivity contribution in [2.45, 2.75) is 12.1 Å². The zero-order valence-electron chi connectivity index (χ0n) is 11.8. The van der Waals surface area contributed by atoms with Gasteiger partial charge in [0, 0.05) is 37.7 Å². The van der Waals surface area contributed by atoms with Crippen molar-refractivity contribution in [3.63, 3.8) is 0 Å². The molecule has 1 heterocycles. The molecule has 2 rings (SSSR count). The molecule has 0 aliphatic heterocycles. The molecule has 0 aliphatic rings. The SMILES string of the molecule is CC(=O)Nc1cccc(NC(=O)CSc2nccn2C)c1. The summed E-state index contributed by atoms with van der Waals surface area (Å²) in [5.74, 6) is 0.00154. The molecule has 2 N–H and O–H groups in total. The van der Waals surface area contributed by atoms with Crippen molar-refractivity contribution in [3.05, 3.63) is 36.7 Å². The summed E-state index contributed by atoms with van der Waals surface area (Å²) < 4.78 is 1.86. The van der Waals surface area contributed by atoms with Crippen LogP contribution < -0.4 is 10.6 Å². The summed E-state index contributed by atoms with van der Waals surface area (Å²) >= 11 is 1.37. The molecule has 110 valence electrons. The van der Waals surface area contributed by atoms with Gasteiger partial charge in [0.2, 0.25) is 11.8 Å². The van der Waals surface area contributed by atoms with Gasteiger partial charge in [0.15, 0.2) is 5.16 Å². The molecule has 2 aromatic rings. The van der Waals surface area contributed by atoms with Crippen LogP contribution in [0.1, 0.15) is 6.92 Å². The Morgan fingerprint density at radius 3 is 2.62 bits per heavy atom. The molecule has 21 heavy (non-hydrogen) atoms. The van der Waals surface area contributed by atoms with Gasteiger partial charge >= 0.3 is 0 Å². The average molecular weight is 304 g/mol. The Balaban J connectivity index is 1.90. The molecule has 1 aromatic heterocycles. The first-order valence-electron chi connectivity index (χ1n) is 6.32. The topological polar surface area (TPSA) is 76.0 Å². The summed E-state index contributed by atoms with van der Waals surface area (Å²) in [5.41, 5.74) is 1.30. The van der Waals surface area contributed by atoms with E-state index in [9.17, 15) is 9.59 Å². The molecule has 0 aliphatic carbocycles. The van der Waals surface area contributed by atoms with Gasteiger partial charge in [-0.2, -0.15) is 0 Å². The van der Waals surface area contributed by atoms with Crippen molar-refractivity contribution >= 4 is 35.0 Å². The first-order chi connectivity index (χ1) is 10.0. The fourth-order valence-electron chi connectivity index (χ4n) is 1.70. The lowest BCUT2D eigenvalue weighted by Crippen LogP contribution is -2.15. The van der Waals surface area contributed by atoms with Crippen LogP contribution in [0.15, 0.2) is 41.8 Å². The van der Waals surface area contributed by atoms with Gasteiger partial charge < -0.3 is 15.2 Å². The van der Waals surface area contributed by atoms with E-state index in [1.807, 2.05) is 17.8 Å². The van der Waals surface area contributed by atoms with E-state index in [1.54, 1.807) is 30.5 Å². The minimum Gasteiger partial charge on any atom is -0.329 e. The van der Waals surface area contributed by atoms with Crippen LogP contribution in [0.25, 0.3) is 0 Å². The van der Waals surface area contributed by atoms with Gasteiger partial charge in [-0.3, -0.25) is 9.59 Å². The molecule has 0 spiro atoms. The fourth-order valence-corrected chi connectivity index (χ4v) is 2.43. The molecular weight excluding hydrogens is 288 g/mol. The smallest absolute Gasteiger partial charge is 0.234 e. The number of nitrogens with zero attached hydrogens (tertiary/aromatic N) is 2. The van der Waals surface area contributed by atoms with E-state index < -0.39 is 0 Å². The highest BCUT2D eigenvalue weighted by Crippen LogP contribution is 2.17. The fraction of sp³-hybridized carbons (Fsp3) is 0.214. The van der Waals surface area contributed by atoms with E-state index in [-0.39, 0.29) is 17.6 Å². The van der Waals surface area contributed by atoms with Crippen LogP contribution in [0.3, 0.4) is 0 Å². The third-order valence-corrected chi connectivity index (χ3v) is 3.63.